The van der Waals surface area contributed by atoms with Gasteiger partial charge in [0, 0.05) is 5.92 Å². The summed E-state index contributed by atoms with van der Waals surface area (Å²) in [5, 5.41) is 25.9. The third kappa shape index (κ3) is 4.04. The summed E-state index contributed by atoms with van der Waals surface area (Å²) in [6.45, 7) is 1.80. The number of nitrogens with one attached hydrogen (secondary N) is 1. The largest absolute Gasteiger partial charge is 0.481 e. The summed E-state index contributed by atoms with van der Waals surface area (Å²) in [6.07, 6.45) is 2.51. The van der Waals surface area contributed by atoms with E-state index in [4.69, 9.17) is 5.11 Å². The zero-order valence-corrected chi connectivity index (χ0v) is 12.9. The fourth-order valence-corrected chi connectivity index (χ4v) is 3.51. The topological polar surface area (TPSA) is 86.6 Å². The van der Waals surface area contributed by atoms with Crippen molar-refractivity contribution in [1.82, 2.24) is 5.32 Å². The number of thiophene rings is 1. The van der Waals surface area contributed by atoms with Crippen LogP contribution in [0.2, 0.25) is 0 Å². The molecule has 2 rings (SSSR count). The van der Waals surface area contributed by atoms with Crippen LogP contribution < -0.4 is 5.32 Å². The van der Waals surface area contributed by atoms with Gasteiger partial charge in [-0.1, -0.05) is 6.42 Å². The van der Waals surface area contributed by atoms with Crippen molar-refractivity contribution in [2.75, 3.05) is 6.54 Å². The average molecular weight is 311 g/mol. The van der Waals surface area contributed by atoms with E-state index in [1.54, 1.807) is 6.92 Å². The van der Waals surface area contributed by atoms with Gasteiger partial charge in [0.2, 0.25) is 5.91 Å². The molecule has 0 radical (unpaired) electrons. The number of aliphatic carboxylic acids is 1. The van der Waals surface area contributed by atoms with Gasteiger partial charge in [0.05, 0.1) is 12.5 Å². The first-order valence-corrected chi connectivity index (χ1v) is 8.10. The van der Waals surface area contributed by atoms with Crippen molar-refractivity contribution in [3.63, 3.8) is 0 Å². The van der Waals surface area contributed by atoms with E-state index < -0.39 is 17.5 Å². The molecule has 1 amide bonds. The van der Waals surface area contributed by atoms with Gasteiger partial charge in [-0.05, 0) is 48.6 Å². The molecule has 1 aromatic heterocycles. The highest BCUT2D eigenvalue weighted by atomic mass is 32.1. The first-order valence-electron chi connectivity index (χ1n) is 7.16. The highest BCUT2D eigenvalue weighted by molar-refractivity contribution is 7.08. The molecule has 1 heterocycles. The highest BCUT2D eigenvalue weighted by Crippen LogP contribution is 2.29. The molecule has 1 aliphatic carbocycles. The molecular formula is C15H21NO4S. The van der Waals surface area contributed by atoms with Crippen LogP contribution in [0, 0.1) is 11.8 Å². The molecule has 3 unspecified atom stereocenters. The van der Waals surface area contributed by atoms with Gasteiger partial charge in [-0.2, -0.15) is 11.3 Å². The molecule has 1 aliphatic rings. The number of aliphatic hydroxyl groups is 1. The van der Waals surface area contributed by atoms with Crippen molar-refractivity contribution in [3.8, 4) is 0 Å². The van der Waals surface area contributed by atoms with Crippen LogP contribution >= 0.6 is 11.3 Å². The molecule has 116 valence electrons. The Labute approximate surface area is 128 Å². The summed E-state index contributed by atoms with van der Waals surface area (Å²) >= 11 is 1.49. The Kier molecular flexibility index (Phi) is 5.00. The molecule has 0 aromatic carbocycles. The molecular weight excluding hydrogens is 290 g/mol. The van der Waals surface area contributed by atoms with E-state index in [9.17, 15) is 14.7 Å². The van der Waals surface area contributed by atoms with Gasteiger partial charge < -0.3 is 15.5 Å². The first-order chi connectivity index (χ1) is 9.90. The van der Waals surface area contributed by atoms with Crippen LogP contribution in [0.5, 0.6) is 0 Å². The number of carboxylic acids is 1. The van der Waals surface area contributed by atoms with Crippen LogP contribution in [-0.2, 0) is 15.2 Å². The fourth-order valence-electron chi connectivity index (χ4n) is 2.73. The first kappa shape index (κ1) is 16.0. The second-order valence-corrected chi connectivity index (χ2v) is 6.68. The molecule has 0 spiro atoms. The van der Waals surface area contributed by atoms with Crippen molar-refractivity contribution in [2.45, 2.75) is 38.2 Å². The van der Waals surface area contributed by atoms with Crippen LogP contribution in [0.4, 0.5) is 0 Å². The Bertz CT molecular complexity index is 498. The number of carbonyl (C=O) groups excluding carboxylic acids is 1. The van der Waals surface area contributed by atoms with Crippen molar-refractivity contribution in [1.29, 1.82) is 0 Å². The molecule has 0 bridgehead atoms. The molecule has 3 atom stereocenters. The maximum Gasteiger partial charge on any atom is 0.306 e. The number of hydrogen-bond donors (Lipinski definition) is 3. The number of amides is 1. The van der Waals surface area contributed by atoms with Gasteiger partial charge >= 0.3 is 5.97 Å². The summed E-state index contributed by atoms with van der Waals surface area (Å²) in [5.74, 6) is -1.67. The SMILES string of the molecule is CC(O)(CNC(=O)C1CCCC(C(=O)O)C1)c1ccsc1. The van der Waals surface area contributed by atoms with Gasteiger partial charge in [0.25, 0.3) is 0 Å². The molecule has 0 saturated heterocycles. The minimum atomic E-state index is -1.10. The predicted octanol–water partition coefficient (Wildman–Crippen LogP) is 1.96. The van der Waals surface area contributed by atoms with Crippen molar-refractivity contribution < 1.29 is 19.8 Å². The Morgan fingerprint density at radius 1 is 1.43 bits per heavy atom. The quantitative estimate of drug-likeness (QED) is 0.776. The molecule has 0 aliphatic heterocycles. The van der Waals surface area contributed by atoms with E-state index in [1.165, 1.54) is 11.3 Å². The predicted molar refractivity (Wildman–Crippen MR) is 80.0 cm³/mol. The maximum atomic E-state index is 12.2. The van der Waals surface area contributed by atoms with E-state index in [0.717, 1.165) is 18.4 Å². The van der Waals surface area contributed by atoms with Crippen molar-refractivity contribution in [2.24, 2.45) is 11.8 Å². The molecule has 6 heteroatoms. The van der Waals surface area contributed by atoms with Crippen molar-refractivity contribution >= 4 is 23.2 Å². The van der Waals surface area contributed by atoms with Gasteiger partial charge in [-0.25, -0.2) is 0 Å². The Hall–Kier alpha value is -1.40. The lowest BCUT2D eigenvalue weighted by Crippen LogP contribution is -2.42. The third-order valence-corrected chi connectivity index (χ3v) is 4.83. The molecule has 21 heavy (non-hydrogen) atoms. The summed E-state index contributed by atoms with van der Waals surface area (Å²) < 4.78 is 0. The van der Waals surface area contributed by atoms with Crippen molar-refractivity contribution in [3.05, 3.63) is 22.4 Å². The molecule has 3 N–H and O–H groups in total. The standard InChI is InChI=1S/C15H21NO4S/c1-15(20,12-5-6-21-8-12)9-16-13(17)10-3-2-4-11(7-10)14(18)19/h5-6,8,10-11,20H,2-4,7,9H2,1H3,(H,16,17)(H,18,19). The summed E-state index contributed by atoms with van der Waals surface area (Å²) in [5.41, 5.74) is -0.323. The van der Waals surface area contributed by atoms with Crippen LogP contribution in [0.25, 0.3) is 0 Å². The van der Waals surface area contributed by atoms with E-state index in [2.05, 4.69) is 5.32 Å². The number of carbonyl (C=O) groups is 2. The van der Waals surface area contributed by atoms with Gasteiger partial charge in [0.15, 0.2) is 0 Å². The highest BCUT2D eigenvalue weighted by Gasteiger charge is 2.32. The summed E-state index contributed by atoms with van der Waals surface area (Å²) in [4.78, 5) is 23.2. The van der Waals surface area contributed by atoms with Crippen LogP contribution in [0.3, 0.4) is 0 Å². The smallest absolute Gasteiger partial charge is 0.306 e. The van der Waals surface area contributed by atoms with E-state index in [1.807, 2.05) is 16.8 Å². The monoisotopic (exact) mass is 311 g/mol. The van der Waals surface area contributed by atoms with Crippen LogP contribution in [-0.4, -0.2) is 28.6 Å². The lowest BCUT2D eigenvalue weighted by molar-refractivity contribution is -0.144. The molecule has 5 nitrogen and oxygen atoms in total. The van der Waals surface area contributed by atoms with Crippen LogP contribution in [0.1, 0.15) is 38.2 Å². The van der Waals surface area contributed by atoms with E-state index in [-0.39, 0.29) is 18.4 Å². The fraction of sp³-hybridized carbons (Fsp3) is 0.600. The lowest BCUT2D eigenvalue weighted by atomic mass is 9.81. The zero-order valence-electron chi connectivity index (χ0n) is 12.0. The minimum absolute atomic E-state index is 0.136. The number of carboxylic acid groups (broad SMARTS) is 1. The van der Waals surface area contributed by atoms with Gasteiger partial charge in [-0.15, -0.1) is 0 Å². The lowest BCUT2D eigenvalue weighted by Gasteiger charge is -2.28. The summed E-state index contributed by atoms with van der Waals surface area (Å²) in [6, 6.07) is 1.83. The zero-order chi connectivity index (χ0) is 15.5. The second-order valence-electron chi connectivity index (χ2n) is 5.90. The Balaban J connectivity index is 1.88. The molecule has 1 fully saturated rings. The van der Waals surface area contributed by atoms with E-state index in [0.29, 0.717) is 12.8 Å². The van der Waals surface area contributed by atoms with E-state index >= 15 is 0 Å². The summed E-state index contributed by atoms with van der Waals surface area (Å²) in [7, 11) is 0. The van der Waals surface area contributed by atoms with Crippen LogP contribution in [0.15, 0.2) is 16.8 Å². The third-order valence-electron chi connectivity index (χ3n) is 4.14. The van der Waals surface area contributed by atoms with Gasteiger partial charge in [0.1, 0.15) is 5.60 Å². The normalized spacial score (nSPS) is 25.0. The molecule has 1 aromatic rings. The van der Waals surface area contributed by atoms with Gasteiger partial charge in [-0.3, -0.25) is 9.59 Å². The Morgan fingerprint density at radius 3 is 2.76 bits per heavy atom. The maximum absolute atomic E-state index is 12.2. The molecule has 1 saturated carbocycles. The minimum Gasteiger partial charge on any atom is -0.481 e. The second kappa shape index (κ2) is 6.58. The average Bonchev–Trinajstić information content (AvgIpc) is 3.00. The number of hydrogen-bond acceptors (Lipinski definition) is 4. The Morgan fingerprint density at radius 2 is 2.14 bits per heavy atom. The number of rotatable bonds is 5.